The van der Waals surface area contributed by atoms with Gasteiger partial charge in [0.2, 0.25) is 0 Å². The van der Waals surface area contributed by atoms with Gasteiger partial charge in [-0.2, -0.15) is 0 Å². The molecule has 2 aromatic rings. The fraction of sp³-hybridized carbons (Fsp3) is 0. The summed E-state index contributed by atoms with van der Waals surface area (Å²) < 4.78 is 0. The molecule has 0 saturated heterocycles. The van der Waals surface area contributed by atoms with Crippen molar-refractivity contribution in [2.75, 3.05) is 0 Å². The Labute approximate surface area is 129 Å². The molecule has 0 saturated carbocycles. The van der Waals surface area contributed by atoms with E-state index in [1.54, 1.807) is 0 Å². The number of nitrogens with one attached hydrogen (secondary N) is 2. The number of hydrogen-bond donors (Lipinski definition) is 2. The molecule has 0 heterocycles. The van der Waals surface area contributed by atoms with E-state index in [1.165, 1.54) is 0 Å². The lowest BCUT2D eigenvalue weighted by Crippen LogP contribution is -2.13. The molecule has 0 amide bonds. The lowest BCUT2D eigenvalue weighted by atomic mass is 9.80. The summed E-state index contributed by atoms with van der Waals surface area (Å²) in [6.07, 6.45) is 7.57. The molecule has 2 nitrogen and oxygen atoms in total. The highest BCUT2D eigenvalue weighted by atomic mass is 14.5. The zero-order valence-electron chi connectivity index (χ0n) is 11.9. The maximum Gasteiger partial charge on any atom is 0.0625 e. The zero-order valence-corrected chi connectivity index (χ0v) is 11.9. The molecule has 2 N–H and O–H groups in total. The minimum atomic E-state index is 0.462. The van der Waals surface area contributed by atoms with Crippen molar-refractivity contribution < 1.29 is 0 Å². The van der Waals surface area contributed by atoms with Crippen LogP contribution in [0.5, 0.6) is 0 Å². The van der Waals surface area contributed by atoms with Gasteiger partial charge in [0, 0.05) is 11.1 Å². The summed E-state index contributed by atoms with van der Waals surface area (Å²) in [5.74, 6) is 0. The molecule has 0 atom stereocenters. The van der Waals surface area contributed by atoms with E-state index in [-0.39, 0.29) is 0 Å². The van der Waals surface area contributed by atoms with Crippen LogP contribution >= 0.6 is 0 Å². The molecule has 0 fully saturated rings. The Balaban J connectivity index is 2.09. The largest absolute Gasteiger partial charge is 0.300 e. The predicted octanol–water partition coefficient (Wildman–Crippen LogP) is 4.69. The Morgan fingerprint density at radius 3 is 1.36 bits per heavy atom. The third-order valence-corrected chi connectivity index (χ3v) is 4.11. The molecule has 0 radical (unpaired) electrons. The van der Waals surface area contributed by atoms with Gasteiger partial charge in [0.25, 0.3) is 0 Å². The van der Waals surface area contributed by atoms with Gasteiger partial charge in [-0.05, 0) is 34.4 Å². The quantitative estimate of drug-likeness (QED) is 0.704. The van der Waals surface area contributed by atoms with Gasteiger partial charge in [-0.1, -0.05) is 60.7 Å². The van der Waals surface area contributed by atoms with Crippen LogP contribution in [0.3, 0.4) is 0 Å². The number of fused-ring (bicyclic) bond motifs is 2. The SMILES string of the molecule is N=C1C=Cc2ccccc2/C1=C1/C(=N)C=Cc2ccccc21. The highest BCUT2D eigenvalue weighted by Crippen LogP contribution is 2.37. The van der Waals surface area contributed by atoms with Gasteiger partial charge >= 0.3 is 0 Å². The predicted molar refractivity (Wildman–Crippen MR) is 93.2 cm³/mol. The minimum Gasteiger partial charge on any atom is -0.300 e. The minimum absolute atomic E-state index is 0.462. The first kappa shape index (κ1) is 12.7. The molecule has 0 unspecified atom stereocenters. The summed E-state index contributed by atoms with van der Waals surface area (Å²) in [5, 5.41) is 16.8. The lowest BCUT2D eigenvalue weighted by Gasteiger charge is -2.23. The first-order valence-corrected chi connectivity index (χ1v) is 7.23. The van der Waals surface area contributed by atoms with Crippen LogP contribution in [0.1, 0.15) is 22.3 Å². The van der Waals surface area contributed by atoms with Crippen LogP contribution in [0.4, 0.5) is 0 Å². The Kier molecular flexibility index (Phi) is 2.76. The number of benzene rings is 2. The number of allylic oxidation sites excluding steroid dienone is 4. The molecule has 0 spiro atoms. The Bertz CT molecular complexity index is 835. The second-order valence-electron chi connectivity index (χ2n) is 5.42. The molecule has 104 valence electrons. The fourth-order valence-electron chi connectivity index (χ4n) is 3.08. The van der Waals surface area contributed by atoms with Crippen LogP contribution in [0.25, 0.3) is 23.3 Å². The van der Waals surface area contributed by atoms with Crippen molar-refractivity contribution in [1.82, 2.24) is 0 Å². The third kappa shape index (κ3) is 1.81. The maximum atomic E-state index is 8.38. The smallest absolute Gasteiger partial charge is 0.0625 e. The Hall–Kier alpha value is -3.00. The van der Waals surface area contributed by atoms with Gasteiger partial charge in [-0.15, -0.1) is 0 Å². The molecule has 2 heteroatoms. The molecule has 22 heavy (non-hydrogen) atoms. The Morgan fingerprint density at radius 2 is 0.909 bits per heavy atom. The summed E-state index contributed by atoms with van der Waals surface area (Å²) in [5.41, 5.74) is 6.87. The fourth-order valence-corrected chi connectivity index (χ4v) is 3.08. The van der Waals surface area contributed by atoms with E-state index in [0.29, 0.717) is 11.4 Å². The average Bonchev–Trinajstić information content (AvgIpc) is 2.56. The standard InChI is InChI=1S/C20H14N2/c21-17-11-9-13-5-1-3-7-15(13)19(17)20-16-8-4-2-6-14(16)10-12-18(20)22/h1-12,21-22H/b20-19-,21-17?,22-18?. The van der Waals surface area contributed by atoms with E-state index in [9.17, 15) is 0 Å². The normalized spacial score (nSPS) is 19.1. The van der Waals surface area contributed by atoms with Crippen LogP contribution in [-0.2, 0) is 0 Å². The monoisotopic (exact) mass is 282 g/mol. The molecular formula is C20H14N2. The van der Waals surface area contributed by atoms with Gasteiger partial charge < -0.3 is 10.8 Å². The van der Waals surface area contributed by atoms with Crippen molar-refractivity contribution in [2.45, 2.75) is 0 Å². The second-order valence-corrected chi connectivity index (χ2v) is 5.42. The van der Waals surface area contributed by atoms with Crippen LogP contribution in [-0.4, -0.2) is 11.4 Å². The molecule has 0 aromatic heterocycles. The maximum absolute atomic E-state index is 8.38. The molecular weight excluding hydrogens is 268 g/mol. The van der Waals surface area contributed by atoms with Crippen molar-refractivity contribution in [1.29, 1.82) is 10.8 Å². The van der Waals surface area contributed by atoms with Crippen LogP contribution in [0.2, 0.25) is 0 Å². The third-order valence-electron chi connectivity index (χ3n) is 4.11. The van der Waals surface area contributed by atoms with Crippen molar-refractivity contribution >= 4 is 34.7 Å². The number of rotatable bonds is 0. The topological polar surface area (TPSA) is 47.7 Å². The molecule has 2 aliphatic carbocycles. The summed E-state index contributed by atoms with van der Waals surface area (Å²) in [7, 11) is 0. The first-order chi connectivity index (χ1) is 10.8. The van der Waals surface area contributed by atoms with Crippen molar-refractivity contribution in [3.05, 3.63) is 82.9 Å². The highest BCUT2D eigenvalue weighted by Gasteiger charge is 2.24. The van der Waals surface area contributed by atoms with Gasteiger partial charge in [0.05, 0.1) is 11.4 Å². The first-order valence-electron chi connectivity index (χ1n) is 7.23. The van der Waals surface area contributed by atoms with Crippen molar-refractivity contribution in [3.8, 4) is 0 Å². The van der Waals surface area contributed by atoms with E-state index in [1.807, 2.05) is 72.8 Å². The van der Waals surface area contributed by atoms with E-state index >= 15 is 0 Å². The molecule has 2 aromatic carbocycles. The van der Waals surface area contributed by atoms with Crippen molar-refractivity contribution in [3.63, 3.8) is 0 Å². The van der Waals surface area contributed by atoms with E-state index in [4.69, 9.17) is 10.8 Å². The summed E-state index contributed by atoms with van der Waals surface area (Å²) in [6.45, 7) is 0. The molecule has 0 aliphatic heterocycles. The zero-order chi connectivity index (χ0) is 15.1. The van der Waals surface area contributed by atoms with Crippen LogP contribution < -0.4 is 0 Å². The lowest BCUT2D eigenvalue weighted by molar-refractivity contribution is 1.47. The molecule has 0 bridgehead atoms. The van der Waals surface area contributed by atoms with E-state index in [2.05, 4.69) is 0 Å². The summed E-state index contributed by atoms with van der Waals surface area (Å²) in [4.78, 5) is 0. The van der Waals surface area contributed by atoms with Crippen molar-refractivity contribution in [2.24, 2.45) is 0 Å². The number of hydrogen-bond acceptors (Lipinski definition) is 2. The second kappa shape index (κ2) is 4.78. The van der Waals surface area contributed by atoms with Gasteiger partial charge in [-0.3, -0.25) is 0 Å². The van der Waals surface area contributed by atoms with Gasteiger partial charge in [-0.25, -0.2) is 0 Å². The highest BCUT2D eigenvalue weighted by molar-refractivity contribution is 6.48. The van der Waals surface area contributed by atoms with Crippen LogP contribution in [0, 0.1) is 10.8 Å². The Morgan fingerprint density at radius 1 is 0.500 bits per heavy atom. The summed E-state index contributed by atoms with van der Waals surface area (Å²) >= 11 is 0. The van der Waals surface area contributed by atoms with E-state index in [0.717, 1.165) is 33.4 Å². The average molecular weight is 282 g/mol. The molecule has 4 rings (SSSR count). The summed E-state index contributed by atoms with van der Waals surface area (Å²) in [6, 6.07) is 16.1. The van der Waals surface area contributed by atoms with Gasteiger partial charge in [0.15, 0.2) is 0 Å². The molecule has 2 aliphatic rings. The van der Waals surface area contributed by atoms with E-state index < -0.39 is 0 Å². The van der Waals surface area contributed by atoms with Gasteiger partial charge in [0.1, 0.15) is 0 Å². The van der Waals surface area contributed by atoms with Crippen LogP contribution in [0.15, 0.2) is 60.7 Å².